The van der Waals surface area contributed by atoms with Crippen molar-refractivity contribution in [3.63, 3.8) is 0 Å². The minimum Gasteiger partial charge on any atom is -0.439 e. The van der Waals surface area contributed by atoms with Crippen LogP contribution in [0.4, 0.5) is 0 Å². The first kappa shape index (κ1) is 12.1. The van der Waals surface area contributed by atoms with Gasteiger partial charge in [-0.3, -0.25) is 0 Å². The van der Waals surface area contributed by atoms with E-state index in [9.17, 15) is 0 Å². The van der Waals surface area contributed by atoms with Crippen molar-refractivity contribution in [2.45, 2.75) is 13.5 Å². The molecular formula is C12H14BrN3O. The van der Waals surface area contributed by atoms with Crippen LogP contribution >= 0.6 is 15.9 Å². The highest BCUT2D eigenvalue weighted by Crippen LogP contribution is 2.28. The van der Waals surface area contributed by atoms with Crippen LogP contribution in [0.5, 0.6) is 11.6 Å². The number of aromatic nitrogens is 2. The Hall–Kier alpha value is -1.33. The first-order valence-corrected chi connectivity index (χ1v) is 6.07. The van der Waals surface area contributed by atoms with Gasteiger partial charge in [-0.05, 0) is 25.1 Å². The second-order valence-corrected chi connectivity index (χ2v) is 4.67. The maximum Gasteiger partial charge on any atom is 0.222 e. The van der Waals surface area contributed by atoms with Gasteiger partial charge in [0.15, 0.2) is 0 Å². The van der Waals surface area contributed by atoms with E-state index in [-0.39, 0.29) is 0 Å². The summed E-state index contributed by atoms with van der Waals surface area (Å²) >= 11 is 3.41. The first-order chi connectivity index (χ1) is 8.11. The Morgan fingerprint density at radius 1 is 1.47 bits per heavy atom. The van der Waals surface area contributed by atoms with Gasteiger partial charge in [-0.15, -0.1) is 0 Å². The summed E-state index contributed by atoms with van der Waals surface area (Å²) in [5, 5.41) is 4.30. The molecule has 0 aliphatic heterocycles. The fourth-order valence-corrected chi connectivity index (χ4v) is 2.06. The van der Waals surface area contributed by atoms with Crippen molar-refractivity contribution in [3.8, 4) is 11.6 Å². The van der Waals surface area contributed by atoms with Crippen molar-refractivity contribution in [2.24, 2.45) is 12.8 Å². The van der Waals surface area contributed by atoms with Crippen LogP contribution in [-0.2, 0) is 13.6 Å². The van der Waals surface area contributed by atoms with Crippen LogP contribution < -0.4 is 10.5 Å². The van der Waals surface area contributed by atoms with E-state index in [0.29, 0.717) is 12.4 Å². The summed E-state index contributed by atoms with van der Waals surface area (Å²) in [6.45, 7) is 2.35. The average molecular weight is 296 g/mol. The van der Waals surface area contributed by atoms with E-state index in [1.165, 1.54) is 0 Å². The lowest BCUT2D eigenvalue weighted by molar-refractivity contribution is 0.426. The van der Waals surface area contributed by atoms with Gasteiger partial charge in [0.2, 0.25) is 5.88 Å². The van der Waals surface area contributed by atoms with Crippen LogP contribution in [0.3, 0.4) is 0 Å². The second kappa shape index (κ2) is 4.89. The Morgan fingerprint density at radius 2 is 2.24 bits per heavy atom. The van der Waals surface area contributed by atoms with Gasteiger partial charge in [-0.1, -0.05) is 22.0 Å². The average Bonchev–Trinajstić information content (AvgIpc) is 2.53. The van der Waals surface area contributed by atoms with E-state index in [1.54, 1.807) is 4.68 Å². The van der Waals surface area contributed by atoms with E-state index in [2.05, 4.69) is 21.0 Å². The standard InChI is InChI=1S/C12H14BrN3O/c1-8-11(7-14)12(16(2)15-8)17-10-5-3-4-9(13)6-10/h3-6H,7,14H2,1-2H3. The highest BCUT2D eigenvalue weighted by atomic mass is 79.9. The van der Waals surface area contributed by atoms with Crippen LogP contribution in [0.25, 0.3) is 0 Å². The number of hydrogen-bond acceptors (Lipinski definition) is 3. The molecule has 0 unspecified atom stereocenters. The van der Waals surface area contributed by atoms with E-state index in [4.69, 9.17) is 10.5 Å². The Kier molecular flexibility index (Phi) is 3.49. The normalized spacial score (nSPS) is 10.6. The lowest BCUT2D eigenvalue weighted by atomic mass is 10.2. The first-order valence-electron chi connectivity index (χ1n) is 5.27. The van der Waals surface area contributed by atoms with Gasteiger partial charge >= 0.3 is 0 Å². The molecule has 0 bridgehead atoms. The van der Waals surface area contributed by atoms with Gasteiger partial charge in [-0.25, -0.2) is 4.68 Å². The molecule has 2 N–H and O–H groups in total. The Balaban J connectivity index is 2.36. The molecule has 0 saturated heterocycles. The summed E-state index contributed by atoms with van der Waals surface area (Å²) in [6, 6.07) is 7.67. The molecule has 1 aromatic heterocycles. The summed E-state index contributed by atoms with van der Waals surface area (Å²) in [5.74, 6) is 1.46. The SMILES string of the molecule is Cc1nn(C)c(Oc2cccc(Br)c2)c1CN. The highest BCUT2D eigenvalue weighted by molar-refractivity contribution is 9.10. The molecule has 90 valence electrons. The number of rotatable bonds is 3. The maximum atomic E-state index is 5.82. The van der Waals surface area contributed by atoms with Gasteiger partial charge < -0.3 is 10.5 Å². The number of nitrogens with zero attached hydrogens (tertiary/aromatic N) is 2. The quantitative estimate of drug-likeness (QED) is 0.947. The minimum absolute atomic E-state index is 0.420. The number of nitrogens with two attached hydrogens (primary N) is 1. The molecule has 2 aromatic rings. The summed E-state index contributed by atoms with van der Waals surface area (Å²) in [4.78, 5) is 0. The lowest BCUT2D eigenvalue weighted by Gasteiger charge is -2.08. The van der Waals surface area contributed by atoms with Gasteiger partial charge in [0.05, 0.1) is 11.3 Å². The van der Waals surface area contributed by atoms with Crippen LogP contribution in [0.15, 0.2) is 28.7 Å². The molecule has 2 rings (SSSR count). The van der Waals surface area contributed by atoms with E-state index >= 15 is 0 Å². The van der Waals surface area contributed by atoms with Crippen molar-refractivity contribution in [3.05, 3.63) is 40.0 Å². The van der Waals surface area contributed by atoms with Gasteiger partial charge in [0.1, 0.15) is 5.75 Å². The van der Waals surface area contributed by atoms with Crippen molar-refractivity contribution in [1.29, 1.82) is 0 Å². The third kappa shape index (κ3) is 2.50. The number of ether oxygens (including phenoxy) is 1. The van der Waals surface area contributed by atoms with Gasteiger partial charge in [-0.2, -0.15) is 5.10 Å². The molecule has 0 atom stereocenters. The summed E-state index contributed by atoms with van der Waals surface area (Å²) in [5.41, 5.74) is 7.55. The van der Waals surface area contributed by atoms with E-state index in [1.807, 2.05) is 38.2 Å². The Bertz CT molecular complexity index is 537. The van der Waals surface area contributed by atoms with Crippen LogP contribution in [-0.4, -0.2) is 9.78 Å². The number of aryl methyl sites for hydroxylation is 2. The van der Waals surface area contributed by atoms with Gasteiger partial charge in [0.25, 0.3) is 0 Å². The van der Waals surface area contributed by atoms with Crippen molar-refractivity contribution < 1.29 is 4.74 Å². The smallest absolute Gasteiger partial charge is 0.222 e. The summed E-state index contributed by atoms with van der Waals surface area (Å²) in [6.07, 6.45) is 0. The molecular weight excluding hydrogens is 282 g/mol. The summed E-state index contributed by atoms with van der Waals surface area (Å²) < 4.78 is 8.51. The number of hydrogen-bond donors (Lipinski definition) is 1. The van der Waals surface area contributed by atoms with Gasteiger partial charge in [0, 0.05) is 18.1 Å². The molecule has 0 radical (unpaired) electrons. The fraction of sp³-hybridized carbons (Fsp3) is 0.250. The molecule has 0 aliphatic carbocycles. The summed E-state index contributed by atoms with van der Waals surface area (Å²) in [7, 11) is 1.85. The Morgan fingerprint density at radius 3 is 2.88 bits per heavy atom. The number of benzene rings is 1. The highest BCUT2D eigenvalue weighted by Gasteiger charge is 2.13. The van der Waals surface area contributed by atoms with Crippen LogP contribution in [0, 0.1) is 6.92 Å². The largest absolute Gasteiger partial charge is 0.439 e. The maximum absolute atomic E-state index is 5.82. The Labute approximate surface area is 109 Å². The molecule has 4 nitrogen and oxygen atoms in total. The third-order valence-electron chi connectivity index (χ3n) is 2.50. The number of halogens is 1. The van der Waals surface area contributed by atoms with Crippen molar-refractivity contribution in [1.82, 2.24) is 9.78 Å². The fourth-order valence-electron chi connectivity index (χ4n) is 1.69. The van der Waals surface area contributed by atoms with E-state index < -0.39 is 0 Å². The van der Waals surface area contributed by atoms with Crippen molar-refractivity contribution in [2.75, 3.05) is 0 Å². The molecule has 17 heavy (non-hydrogen) atoms. The zero-order valence-corrected chi connectivity index (χ0v) is 11.4. The third-order valence-corrected chi connectivity index (χ3v) is 3.00. The molecule has 5 heteroatoms. The monoisotopic (exact) mass is 295 g/mol. The molecule has 1 aromatic carbocycles. The van der Waals surface area contributed by atoms with Crippen LogP contribution in [0.2, 0.25) is 0 Å². The zero-order valence-electron chi connectivity index (χ0n) is 9.77. The molecule has 0 spiro atoms. The molecule has 1 heterocycles. The molecule has 0 amide bonds. The van der Waals surface area contributed by atoms with Crippen molar-refractivity contribution >= 4 is 15.9 Å². The zero-order chi connectivity index (χ0) is 12.4. The lowest BCUT2D eigenvalue weighted by Crippen LogP contribution is -2.01. The molecule has 0 saturated carbocycles. The van der Waals surface area contributed by atoms with E-state index in [0.717, 1.165) is 21.5 Å². The minimum atomic E-state index is 0.420. The predicted molar refractivity (Wildman–Crippen MR) is 70.1 cm³/mol. The topological polar surface area (TPSA) is 53.1 Å². The molecule has 0 aliphatic rings. The second-order valence-electron chi connectivity index (χ2n) is 3.76. The molecule has 0 fully saturated rings. The predicted octanol–water partition coefficient (Wildman–Crippen LogP) is 2.74. The van der Waals surface area contributed by atoms with Crippen LogP contribution in [0.1, 0.15) is 11.3 Å².